The second-order valence-electron chi connectivity index (χ2n) is 7.18. The summed E-state index contributed by atoms with van der Waals surface area (Å²) >= 11 is 0. The fourth-order valence-electron chi connectivity index (χ4n) is 2.15. The first kappa shape index (κ1) is 25.3. The van der Waals surface area contributed by atoms with Crippen LogP contribution in [0.3, 0.4) is 0 Å². The molecule has 0 saturated carbocycles. The van der Waals surface area contributed by atoms with E-state index in [0.717, 1.165) is 0 Å². The number of carboxylic acid groups (broad SMARTS) is 1. The number of nitrogens with one attached hydrogen (secondary N) is 3. The Balaban J connectivity index is 4.75. The lowest BCUT2D eigenvalue weighted by atomic mass is 10.0. The van der Waals surface area contributed by atoms with Gasteiger partial charge in [0.2, 0.25) is 23.6 Å². The number of carboxylic acids is 1. The van der Waals surface area contributed by atoms with Crippen LogP contribution in [0.15, 0.2) is 0 Å². The van der Waals surface area contributed by atoms with Crippen LogP contribution in [-0.4, -0.2) is 59.4 Å². The molecule has 0 aliphatic heterocycles. The van der Waals surface area contributed by atoms with E-state index in [-0.39, 0.29) is 24.7 Å². The molecule has 0 aromatic heterocycles. The first-order valence-corrected chi connectivity index (χ1v) is 9.00. The average Bonchev–Trinajstić information content (AvgIpc) is 2.59. The molecule has 4 amide bonds. The number of hydrogen-bond donors (Lipinski definition) is 6. The first-order valence-electron chi connectivity index (χ1n) is 9.00. The van der Waals surface area contributed by atoms with Crippen LogP contribution in [0, 0.1) is 11.8 Å². The predicted octanol–water partition coefficient (Wildman–Crippen LogP) is -1.94. The Kier molecular flexibility index (Phi) is 10.8. The molecule has 0 bridgehead atoms. The summed E-state index contributed by atoms with van der Waals surface area (Å²) in [4.78, 5) is 58.2. The van der Waals surface area contributed by atoms with Gasteiger partial charge in [-0.25, -0.2) is 4.79 Å². The van der Waals surface area contributed by atoms with Crippen LogP contribution in [0.25, 0.3) is 0 Å². The van der Waals surface area contributed by atoms with Crippen molar-refractivity contribution in [2.24, 2.45) is 23.3 Å². The molecule has 0 aromatic rings. The molecule has 11 nitrogen and oxygen atoms in total. The third-order valence-corrected chi connectivity index (χ3v) is 4.00. The van der Waals surface area contributed by atoms with Crippen LogP contribution < -0.4 is 27.4 Å². The largest absolute Gasteiger partial charge is 0.480 e. The molecule has 3 atom stereocenters. The fraction of sp³-hybridized carbons (Fsp3) is 0.706. The van der Waals surface area contributed by atoms with Crippen LogP contribution in [-0.2, 0) is 24.0 Å². The van der Waals surface area contributed by atoms with Crippen molar-refractivity contribution in [3.05, 3.63) is 0 Å². The van der Waals surface area contributed by atoms with Crippen LogP contribution >= 0.6 is 0 Å². The standard InChI is InChI=1S/C17H31N5O6/c1-8(2)13(19)15(25)22-14(9(3)4)16(26)20-7-12(24)21-10(17(27)28)5-6-11(18)23/h8-10,13-14H,5-7,19H2,1-4H3,(H2,18,23)(H,20,26)(H,21,24)(H,22,25)(H,27,28). The predicted molar refractivity (Wildman–Crippen MR) is 101 cm³/mol. The van der Waals surface area contributed by atoms with E-state index in [1.807, 2.05) is 0 Å². The summed E-state index contributed by atoms with van der Waals surface area (Å²) in [6, 6.07) is -2.99. The van der Waals surface area contributed by atoms with E-state index in [0.29, 0.717) is 0 Å². The molecule has 0 rings (SSSR count). The average molecular weight is 401 g/mol. The van der Waals surface area contributed by atoms with E-state index in [1.54, 1.807) is 27.7 Å². The van der Waals surface area contributed by atoms with Gasteiger partial charge in [-0.2, -0.15) is 0 Å². The van der Waals surface area contributed by atoms with Gasteiger partial charge in [0, 0.05) is 6.42 Å². The van der Waals surface area contributed by atoms with Crippen molar-refractivity contribution in [3.63, 3.8) is 0 Å². The van der Waals surface area contributed by atoms with Gasteiger partial charge in [-0.1, -0.05) is 27.7 Å². The second-order valence-corrected chi connectivity index (χ2v) is 7.18. The first-order chi connectivity index (χ1) is 12.9. The summed E-state index contributed by atoms with van der Waals surface area (Å²) in [5.74, 6) is -4.23. The zero-order chi connectivity index (χ0) is 22.0. The third kappa shape index (κ3) is 9.31. The highest BCUT2D eigenvalue weighted by Crippen LogP contribution is 2.05. The molecule has 0 fully saturated rings. The second kappa shape index (κ2) is 11.9. The maximum absolute atomic E-state index is 12.3. The number of carbonyl (C=O) groups excluding carboxylic acids is 4. The molecular weight excluding hydrogens is 370 g/mol. The highest BCUT2D eigenvalue weighted by molar-refractivity contribution is 5.92. The molecule has 8 N–H and O–H groups in total. The highest BCUT2D eigenvalue weighted by atomic mass is 16.4. The summed E-state index contributed by atoms with van der Waals surface area (Å²) in [5, 5.41) is 16.2. The van der Waals surface area contributed by atoms with Crippen molar-refractivity contribution in [3.8, 4) is 0 Å². The number of carbonyl (C=O) groups is 5. The van der Waals surface area contributed by atoms with E-state index in [4.69, 9.17) is 16.6 Å². The number of aliphatic carboxylic acids is 1. The molecule has 3 unspecified atom stereocenters. The summed E-state index contributed by atoms with van der Waals surface area (Å²) in [6.45, 7) is 6.49. The van der Waals surface area contributed by atoms with Crippen molar-refractivity contribution in [1.29, 1.82) is 0 Å². The summed E-state index contributed by atoms with van der Waals surface area (Å²) in [5.41, 5.74) is 10.7. The van der Waals surface area contributed by atoms with Crippen LogP contribution in [0.4, 0.5) is 0 Å². The molecule has 0 aliphatic rings. The van der Waals surface area contributed by atoms with E-state index in [1.165, 1.54) is 0 Å². The minimum absolute atomic E-state index is 0.116. The van der Waals surface area contributed by atoms with Gasteiger partial charge in [-0.15, -0.1) is 0 Å². The van der Waals surface area contributed by atoms with Crippen molar-refractivity contribution in [2.45, 2.75) is 58.7 Å². The SMILES string of the molecule is CC(C)C(N)C(=O)NC(C(=O)NCC(=O)NC(CCC(N)=O)C(=O)O)C(C)C. The molecule has 0 saturated heterocycles. The van der Waals surface area contributed by atoms with Gasteiger partial charge < -0.3 is 32.5 Å². The molecule has 0 radical (unpaired) electrons. The van der Waals surface area contributed by atoms with E-state index in [2.05, 4.69) is 16.0 Å². The summed E-state index contributed by atoms with van der Waals surface area (Å²) < 4.78 is 0. The van der Waals surface area contributed by atoms with E-state index >= 15 is 0 Å². The summed E-state index contributed by atoms with van der Waals surface area (Å²) in [6.07, 6.45) is -0.372. The minimum atomic E-state index is -1.32. The maximum Gasteiger partial charge on any atom is 0.326 e. The Morgan fingerprint density at radius 2 is 1.50 bits per heavy atom. The van der Waals surface area contributed by atoms with Crippen LogP contribution in [0.5, 0.6) is 0 Å². The zero-order valence-electron chi connectivity index (χ0n) is 16.7. The van der Waals surface area contributed by atoms with Gasteiger partial charge in [0.15, 0.2) is 0 Å². The van der Waals surface area contributed by atoms with Gasteiger partial charge in [0.05, 0.1) is 12.6 Å². The lowest BCUT2D eigenvalue weighted by Crippen LogP contribution is -2.56. The molecule has 0 aromatic carbocycles. The lowest BCUT2D eigenvalue weighted by molar-refractivity contribution is -0.142. The maximum atomic E-state index is 12.3. The molecule has 0 heterocycles. The van der Waals surface area contributed by atoms with Gasteiger partial charge >= 0.3 is 5.97 Å². The van der Waals surface area contributed by atoms with Crippen molar-refractivity contribution in [1.82, 2.24) is 16.0 Å². The lowest BCUT2D eigenvalue weighted by Gasteiger charge is -2.24. The van der Waals surface area contributed by atoms with Crippen LogP contribution in [0.2, 0.25) is 0 Å². The third-order valence-electron chi connectivity index (χ3n) is 4.00. The number of hydrogen-bond acceptors (Lipinski definition) is 6. The van der Waals surface area contributed by atoms with Crippen LogP contribution in [0.1, 0.15) is 40.5 Å². The number of amides is 4. The van der Waals surface area contributed by atoms with Crippen molar-refractivity contribution in [2.75, 3.05) is 6.54 Å². The topological polar surface area (TPSA) is 194 Å². The summed E-state index contributed by atoms with van der Waals surface area (Å²) in [7, 11) is 0. The molecule has 0 aliphatic carbocycles. The number of rotatable bonds is 12. The highest BCUT2D eigenvalue weighted by Gasteiger charge is 2.28. The van der Waals surface area contributed by atoms with Gasteiger partial charge in [0.1, 0.15) is 12.1 Å². The van der Waals surface area contributed by atoms with Gasteiger partial charge in [0.25, 0.3) is 0 Å². The molecule has 11 heteroatoms. The van der Waals surface area contributed by atoms with E-state index in [9.17, 15) is 24.0 Å². The Morgan fingerprint density at radius 3 is 1.93 bits per heavy atom. The molecular formula is C17H31N5O6. The Morgan fingerprint density at radius 1 is 0.929 bits per heavy atom. The Hall–Kier alpha value is -2.69. The van der Waals surface area contributed by atoms with Gasteiger partial charge in [-0.05, 0) is 18.3 Å². The van der Waals surface area contributed by atoms with Crippen molar-refractivity contribution < 1.29 is 29.1 Å². The Bertz CT molecular complexity index is 593. The molecule has 0 spiro atoms. The van der Waals surface area contributed by atoms with E-state index < -0.39 is 54.3 Å². The molecule has 28 heavy (non-hydrogen) atoms. The monoisotopic (exact) mass is 401 g/mol. The Labute approximate surface area is 164 Å². The zero-order valence-corrected chi connectivity index (χ0v) is 16.7. The smallest absolute Gasteiger partial charge is 0.326 e. The quantitative estimate of drug-likeness (QED) is 0.219. The van der Waals surface area contributed by atoms with Gasteiger partial charge in [-0.3, -0.25) is 19.2 Å². The number of primary amides is 1. The number of nitrogens with two attached hydrogens (primary N) is 2. The van der Waals surface area contributed by atoms with Crippen molar-refractivity contribution >= 4 is 29.6 Å². The molecule has 160 valence electrons. The normalized spacial score (nSPS) is 14.1. The minimum Gasteiger partial charge on any atom is -0.480 e. The fourth-order valence-corrected chi connectivity index (χ4v) is 2.15.